The number of nitrogens with one attached hydrogen (secondary N) is 1. The molecule has 1 aromatic heterocycles. The lowest BCUT2D eigenvalue weighted by molar-refractivity contribution is 0.711. The Balaban J connectivity index is 2.36. The molecule has 0 atom stereocenters. The van der Waals surface area contributed by atoms with Gasteiger partial charge in [0, 0.05) is 34.1 Å². The van der Waals surface area contributed by atoms with Gasteiger partial charge in [-0.05, 0) is 44.7 Å². The van der Waals surface area contributed by atoms with Crippen LogP contribution in [-0.4, -0.2) is 16.5 Å². The summed E-state index contributed by atoms with van der Waals surface area (Å²) < 4.78 is 0. The van der Waals surface area contributed by atoms with Crippen LogP contribution in [0.4, 0.5) is 0 Å². The van der Waals surface area contributed by atoms with Gasteiger partial charge in [-0.2, -0.15) is 0 Å². The first kappa shape index (κ1) is 14.0. The fraction of sp³-hybridized carbons (Fsp3) is 0.333. The molecule has 1 aromatic carbocycles. The van der Waals surface area contributed by atoms with Gasteiger partial charge in [-0.1, -0.05) is 18.5 Å². The Morgan fingerprint density at radius 2 is 1.63 bits per heavy atom. The molecule has 100 valence electrons. The number of aromatic nitrogens is 2. The van der Waals surface area contributed by atoms with E-state index >= 15 is 0 Å². The third-order valence-electron chi connectivity index (χ3n) is 3.07. The highest BCUT2D eigenvalue weighted by molar-refractivity contribution is 6.30. The molecule has 0 saturated heterocycles. The van der Waals surface area contributed by atoms with Crippen LogP contribution in [0, 0.1) is 13.8 Å². The second-order valence-electron chi connectivity index (χ2n) is 4.48. The molecule has 1 heterocycles. The number of benzene rings is 1. The topological polar surface area (TPSA) is 37.8 Å². The highest BCUT2D eigenvalue weighted by Gasteiger charge is 2.09. The van der Waals surface area contributed by atoms with Crippen molar-refractivity contribution in [2.75, 3.05) is 6.54 Å². The van der Waals surface area contributed by atoms with E-state index in [2.05, 4.69) is 22.2 Å². The Hall–Kier alpha value is -1.45. The first-order chi connectivity index (χ1) is 9.11. The number of nitrogens with zero attached hydrogens (tertiary/aromatic N) is 2. The highest BCUT2D eigenvalue weighted by atomic mass is 35.5. The molecule has 0 fully saturated rings. The van der Waals surface area contributed by atoms with Crippen LogP contribution in [0.15, 0.2) is 24.3 Å². The van der Waals surface area contributed by atoms with Crippen molar-refractivity contribution in [2.45, 2.75) is 27.3 Å². The average Bonchev–Trinajstić information content (AvgIpc) is 2.38. The molecule has 0 spiro atoms. The van der Waals surface area contributed by atoms with E-state index in [0.717, 1.165) is 40.9 Å². The number of hydrogen-bond donors (Lipinski definition) is 1. The maximum atomic E-state index is 5.90. The van der Waals surface area contributed by atoms with Gasteiger partial charge in [0.05, 0.1) is 0 Å². The summed E-state index contributed by atoms with van der Waals surface area (Å²) in [4.78, 5) is 9.19. The molecular weight excluding hydrogens is 258 g/mol. The smallest absolute Gasteiger partial charge is 0.159 e. The Morgan fingerprint density at radius 3 is 2.16 bits per heavy atom. The first-order valence-corrected chi connectivity index (χ1v) is 6.80. The maximum Gasteiger partial charge on any atom is 0.159 e. The van der Waals surface area contributed by atoms with Crippen LogP contribution in [0.25, 0.3) is 11.4 Å². The van der Waals surface area contributed by atoms with Crippen molar-refractivity contribution < 1.29 is 0 Å². The molecule has 19 heavy (non-hydrogen) atoms. The summed E-state index contributed by atoms with van der Waals surface area (Å²) in [6.07, 6.45) is 0. The minimum Gasteiger partial charge on any atom is -0.313 e. The second kappa shape index (κ2) is 6.13. The van der Waals surface area contributed by atoms with Gasteiger partial charge in [0.1, 0.15) is 0 Å². The second-order valence-corrected chi connectivity index (χ2v) is 4.92. The Bertz CT molecular complexity index is 541. The third kappa shape index (κ3) is 3.31. The van der Waals surface area contributed by atoms with Gasteiger partial charge in [0.25, 0.3) is 0 Å². The van der Waals surface area contributed by atoms with Gasteiger partial charge < -0.3 is 5.32 Å². The number of rotatable bonds is 4. The van der Waals surface area contributed by atoms with Crippen molar-refractivity contribution in [1.29, 1.82) is 0 Å². The molecule has 4 heteroatoms. The number of hydrogen-bond acceptors (Lipinski definition) is 3. The highest BCUT2D eigenvalue weighted by Crippen LogP contribution is 2.20. The van der Waals surface area contributed by atoms with Gasteiger partial charge in [0.15, 0.2) is 5.82 Å². The van der Waals surface area contributed by atoms with E-state index in [1.54, 1.807) is 0 Å². The van der Waals surface area contributed by atoms with Crippen LogP contribution in [0.2, 0.25) is 5.02 Å². The predicted octanol–water partition coefficient (Wildman–Crippen LogP) is 3.52. The van der Waals surface area contributed by atoms with E-state index in [1.807, 2.05) is 38.1 Å². The molecule has 0 saturated carbocycles. The van der Waals surface area contributed by atoms with Crippen molar-refractivity contribution >= 4 is 11.6 Å². The Morgan fingerprint density at radius 1 is 1.05 bits per heavy atom. The molecule has 0 aliphatic heterocycles. The van der Waals surface area contributed by atoms with Crippen molar-refractivity contribution in [3.8, 4) is 11.4 Å². The summed E-state index contributed by atoms with van der Waals surface area (Å²) in [7, 11) is 0. The Labute approximate surface area is 119 Å². The van der Waals surface area contributed by atoms with Crippen molar-refractivity contribution in [2.24, 2.45) is 0 Å². The third-order valence-corrected chi connectivity index (χ3v) is 3.33. The van der Waals surface area contributed by atoms with E-state index in [0.29, 0.717) is 0 Å². The van der Waals surface area contributed by atoms with Crippen molar-refractivity contribution in [1.82, 2.24) is 15.3 Å². The summed E-state index contributed by atoms with van der Waals surface area (Å²) in [5.41, 5.74) is 4.22. The van der Waals surface area contributed by atoms with Crippen molar-refractivity contribution in [3.05, 3.63) is 46.2 Å². The number of halogens is 1. The fourth-order valence-electron chi connectivity index (χ4n) is 1.97. The molecule has 0 aliphatic rings. The molecule has 0 aliphatic carbocycles. The molecule has 3 nitrogen and oxygen atoms in total. The molecule has 0 unspecified atom stereocenters. The van der Waals surface area contributed by atoms with E-state index in [4.69, 9.17) is 11.6 Å². The first-order valence-electron chi connectivity index (χ1n) is 6.42. The zero-order chi connectivity index (χ0) is 13.8. The van der Waals surface area contributed by atoms with Crippen LogP contribution < -0.4 is 5.32 Å². The Kier molecular flexibility index (Phi) is 4.51. The van der Waals surface area contributed by atoms with Crippen LogP contribution in [-0.2, 0) is 6.54 Å². The largest absolute Gasteiger partial charge is 0.313 e. The fourth-order valence-corrected chi connectivity index (χ4v) is 2.10. The van der Waals surface area contributed by atoms with Gasteiger partial charge in [-0.3, -0.25) is 0 Å². The zero-order valence-corrected chi connectivity index (χ0v) is 12.3. The molecule has 1 N–H and O–H groups in total. The van der Waals surface area contributed by atoms with Crippen molar-refractivity contribution in [3.63, 3.8) is 0 Å². The van der Waals surface area contributed by atoms with E-state index in [9.17, 15) is 0 Å². The molecular formula is C15H18ClN3. The molecule has 0 radical (unpaired) electrons. The monoisotopic (exact) mass is 275 g/mol. The van der Waals surface area contributed by atoms with Crippen LogP contribution in [0.3, 0.4) is 0 Å². The SMILES string of the molecule is CCNCc1c(C)nc(-c2ccc(Cl)cc2)nc1C. The number of aryl methyl sites for hydroxylation is 2. The minimum absolute atomic E-state index is 0.723. The molecule has 2 rings (SSSR count). The van der Waals surface area contributed by atoms with Crippen LogP contribution >= 0.6 is 11.6 Å². The van der Waals surface area contributed by atoms with Gasteiger partial charge >= 0.3 is 0 Å². The van der Waals surface area contributed by atoms with E-state index in [-0.39, 0.29) is 0 Å². The summed E-state index contributed by atoms with van der Waals surface area (Å²) >= 11 is 5.90. The van der Waals surface area contributed by atoms with E-state index < -0.39 is 0 Å². The normalized spacial score (nSPS) is 10.7. The average molecular weight is 276 g/mol. The molecule has 0 amide bonds. The maximum absolute atomic E-state index is 5.90. The van der Waals surface area contributed by atoms with Crippen LogP contribution in [0.5, 0.6) is 0 Å². The molecule has 2 aromatic rings. The van der Waals surface area contributed by atoms with Crippen LogP contribution in [0.1, 0.15) is 23.9 Å². The lowest BCUT2D eigenvalue weighted by atomic mass is 10.1. The van der Waals surface area contributed by atoms with E-state index in [1.165, 1.54) is 5.56 Å². The summed E-state index contributed by atoms with van der Waals surface area (Å²) in [5, 5.41) is 4.04. The predicted molar refractivity (Wildman–Crippen MR) is 79.3 cm³/mol. The molecule has 0 bridgehead atoms. The summed E-state index contributed by atoms with van der Waals surface area (Å²) in [6.45, 7) is 7.90. The van der Waals surface area contributed by atoms with Gasteiger partial charge in [0.2, 0.25) is 0 Å². The van der Waals surface area contributed by atoms with Gasteiger partial charge in [-0.25, -0.2) is 9.97 Å². The summed E-state index contributed by atoms with van der Waals surface area (Å²) in [5.74, 6) is 0.756. The zero-order valence-electron chi connectivity index (χ0n) is 11.5. The standard InChI is InChI=1S/C15H18ClN3/c1-4-17-9-14-10(2)18-15(19-11(14)3)12-5-7-13(16)8-6-12/h5-8,17H,4,9H2,1-3H3. The summed E-state index contributed by atoms with van der Waals surface area (Å²) in [6, 6.07) is 7.61. The quantitative estimate of drug-likeness (QED) is 0.928. The minimum atomic E-state index is 0.723. The van der Waals surface area contributed by atoms with Gasteiger partial charge in [-0.15, -0.1) is 0 Å². The lowest BCUT2D eigenvalue weighted by Gasteiger charge is -2.11. The lowest BCUT2D eigenvalue weighted by Crippen LogP contribution is -2.15.